The molecule has 0 aromatic carbocycles. The van der Waals surface area contributed by atoms with Crippen LogP contribution >= 0.6 is 0 Å². The van der Waals surface area contributed by atoms with Gasteiger partial charge in [0.05, 0.1) is 0 Å². The highest BCUT2D eigenvalue weighted by Crippen LogP contribution is 1.82. The Kier molecular flexibility index (Phi) is 2.61. The van der Waals surface area contributed by atoms with E-state index in [1.807, 2.05) is 0 Å². The first kappa shape index (κ1) is 6.94. The Labute approximate surface area is 46.1 Å². The van der Waals surface area contributed by atoms with Gasteiger partial charge in [-0.15, -0.1) is 0 Å². The molecular formula is C4H4O4. The minimum Gasteiger partial charge on any atom is -0.481 e. The molecule has 2 radical (unpaired) electrons. The summed E-state index contributed by atoms with van der Waals surface area (Å²) in [7, 11) is 4.31. The van der Waals surface area contributed by atoms with Crippen molar-refractivity contribution in [1.82, 2.24) is 0 Å². The number of carboxylic acids is 1. The lowest BCUT2D eigenvalue weighted by Gasteiger charge is -1.89. The summed E-state index contributed by atoms with van der Waals surface area (Å²) < 4.78 is 3.54. The van der Waals surface area contributed by atoms with E-state index in [9.17, 15) is 9.59 Å². The van der Waals surface area contributed by atoms with Crippen molar-refractivity contribution in [1.29, 1.82) is 0 Å². The Bertz CT molecular complexity index is 107. The van der Waals surface area contributed by atoms with Crippen LogP contribution in [-0.4, -0.2) is 17.0 Å². The first-order valence-corrected chi connectivity index (χ1v) is 1.78. The molecule has 0 saturated heterocycles. The van der Waals surface area contributed by atoms with Crippen LogP contribution in [0.15, 0.2) is 0 Å². The number of aliphatic carboxylic acids is 1. The van der Waals surface area contributed by atoms with E-state index in [-0.39, 0.29) is 0 Å². The van der Waals surface area contributed by atoms with Crippen molar-refractivity contribution < 1.29 is 19.4 Å². The molecule has 0 aliphatic heterocycles. The number of carbonyl (C=O) groups excluding carboxylic acids is 1. The Morgan fingerprint density at radius 1 is 1.62 bits per heavy atom. The third-order valence-electron chi connectivity index (χ3n) is 0.427. The van der Waals surface area contributed by atoms with Gasteiger partial charge in [-0.25, -0.2) is 0 Å². The van der Waals surface area contributed by atoms with Gasteiger partial charge in [-0.3, -0.25) is 9.59 Å². The van der Waals surface area contributed by atoms with Gasteiger partial charge in [0.15, 0.2) is 7.11 Å². The van der Waals surface area contributed by atoms with Crippen LogP contribution in [0.2, 0.25) is 0 Å². The normalized spacial score (nSPS) is 8.12. The van der Waals surface area contributed by atoms with Crippen molar-refractivity contribution in [2.75, 3.05) is 0 Å². The first-order chi connectivity index (χ1) is 3.66. The number of ether oxygens (including phenoxy) is 1. The maximum atomic E-state index is 9.89. The summed E-state index contributed by atoms with van der Waals surface area (Å²) in [5, 5.41) is 7.86. The van der Waals surface area contributed by atoms with Crippen LogP contribution in [0.1, 0.15) is 6.42 Å². The van der Waals surface area contributed by atoms with Crippen molar-refractivity contribution in [3.63, 3.8) is 0 Å². The Morgan fingerprint density at radius 2 is 2.12 bits per heavy atom. The molecule has 0 atom stereocenters. The minimum atomic E-state index is -1.25. The Morgan fingerprint density at radius 3 is 2.25 bits per heavy atom. The average Bonchev–Trinajstić information content (AvgIpc) is 1.65. The van der Waals surface area contributed by atoms with Gasteiger partial charge < -0.3 is 9.84 Å². The lowest BCUT2D eigenvalue weighted by atomic mass is 10.4. The molecule has 0 bridgehead atoms. The lowest BCUT2D eigenvalue weighted by Crippen LogP contribution is -2.06. The van der Waals surface area contributed by atoms with Crippen molar-refractivity contribution >= 4 is 11.9 Å². The van der Waals surface area contributed by atoms with Crippen LogP contribution < -0.4 is 0 Å². The van der Waals surface area contributed by atoms with E-state index in [2.05, 4.69) is 11.8 Å². The summed E-state index contributed by atoms with van der Waals surface area (Å²) in [6.45, 7) is 0. The number of hydrogen-bond acceptors (Lipinski definition) is 3. The van der Waals surface area contributed by atoms with Crippen LogP contribution in [0.5, 0.6) is 0 Å². The number of rotatable bonds is 2. The molecule has 0 unspecified atom stereocenters. The molecule has 0 rings (SSSR count). The molecule has 0 aliphatic rings. The molecule has 0 aromatic rings. The molecule has 0 heterocycles. The highest BCUT2D eigenvalue weighted by atomic mass is 16.5. The van der Waals surface area contributed by atoms with Gasteiger partial charge in [0.25, 0.3) is 0 Å². The van der Waals surface area contributed by atoms with E-state index in [1.165, 1.54) is 0 Å². The molecule has 0 amide bonds. The zero-order valence-electron chi connectivity index (χ0n) is 3.96. The fourth-order valence-electron chi connectivity index (χ4n) is 0.165. The predicted molar refractivity (Wildman–Crippen MR) is 22.6 cm³/mol. The first-order valence-electron chi connectivity index (χ1n) is 1.78. The summed E-state index contributed by atoms with van der Waals surface area (Å²) in [6.07, 6.45) is -0.684. The summed E-state index contributed by atoms with van der Waals surface area (Å²) in [6, 6.07) is 0. The quantitative estimate of drug-likeness (QED) is 0.396. The van der Waals surface area contributed by atoms with E-state index >= 15 is 0 Å². The summed E-state index contributed by atoms with van der Waals surface area (Å²) in [5.74, 6) is -2.20. The van der Waals surface area contributed by atoms with E-state index in [4.69, 9.17) is 5.11 Å². The van der Waals surface area contributed by atoms with Gasteiger partial charge in [0, 0.05) is 0 Å². The maximum Gasteiger partial charge on any atom is 0.317 e. The molecule has 0 aliphatic carbocycles. The highest BCUT2D eigenvalue weighted by molar-refractivity contribution is 5.90. The summed E-state index contributed by atoms with van der Waals surface area (Å²) in [4.78, 5) is 19.5. The highest BCUT2D eigenvalue weighted by Gasteiger charge is 2.05. The van der Waals surface area contributed by atoms with Crippen LogP contribution in [0.3, 0.4) is 0 Å². The fourth-order valence-corrected chi connectivity index (χ4v) is 0.165. The molecule has 0 spiro atoms. The zero-order valence-corrected chi connectivity index (χ0v) is 3.96. The Hall–Kier alpha value is -1.06. The van der Waals surface area contributed by atoms with Gasteiger partial charge in [0.1, 0.15) is 6.42 Å². The fraction of sp³-hybridized carbons (Fsp3) is 0.250. The van der Waals surface area contributed by atoms with Crippen molar-refractivity contribution in [3.05, 3.63) is 7.11 Å². The topological polar surface area (TPSA) is 63.6 Å². The van der Waals surface area contributed by atoms with Gasteiger partial charge in [-0.05, 0) is 0 Å². The van der Waals surface area contributed by atoms with Gasteiger partial charge in [-0.2, -0.15) is 0 Å². The van der Waals surface area contributed by atoms with Crippen molar-refractivity contribution in [2.45, 2.75) is 6.42 Å². The Balaban J connectivity index is 3.40. The van der Waals surface area contributed by atoms with E-state index in [0.29, 0.717) is 0 Å². The SMILES string of the molecule is [CH]OC(=O)CC(=O)O. The van der Waals surface area contributed by atoms with Crippen LogP contribution in [0.4, 0.5) is 0 Å². The van der Waals surface area contributed by atoms with Crippen LogP contribution in [0.25, 0.3) is 0 Å². The molecule has 44 valence electrons. The summed E-state index contributed by atoms with van der Waals surface area (Å²) >= 11 is 0. The van der Waals surface area contributed by atoms with Gasteiger partial charge in [0.2, 0.25) is 0 Å². The lowest BCUT2D eigenvalue weighted by molar-refractivity contribution is -0.147. The molecule has 8 heavy (non-hydrogen) atoms. The monoisotopic (exact) mass is 116 g/mol. The molecule has 4 nitrogen and oxygen atoms in total. The predicted octanol–water partition coefficient (Wildman–Crippen LogP) is -0.327. The number of carboxylic acid groups (broad SMARTS) is 1. The molecule has 0 aromatic heterocycles. The second-order valence-electron chi connectivity index (χ2n) is 1.06. The second-order valence-corrected chi connectivity index (χ2v) is 1.06. The van der Waals surface area contributed by atoms with Crippen LogP contribution in [-0.2, 0) is 14.3 Å². The molecule has 1 N–H and O–H groups in total. The largest absolute Gasteiger partial charge is 0.481 e. The van der Waals surface area contributed by atoms with E-state index in [1.54, 1.807) is 0 Å². The van der Waals surface area contributed by atoms with Crippen molar-refractivity contribution in [3.8, 4) is 0 Å². The minimum absolute atomic E-state index is 0.684. The van der Waals surface area contributed by atoms with Crippen LogP contribution in [0, 0.1) is 7.11 Å². The number of carbonyl (C=O) groups is 2. The maximum absolute atomic E-state index is 9.89. The van der Waals surface area contributed by atoms with E-state index in [0.717, 1.165) is 0 Å². The van der Waals surface area contributed by atoms with E-state index < -0.39 is 18.4 Å². The molecular weight excluding hydrogens is 112 g/mol. The molecule has 0 saturated carbocycles. The third-order valence-corrected chi connectivity index (χ3v) is 0.427. The summed E-state index contributed by atoms with van der Waals surface area (Å²) in [5.41, 5.74) is 0. The number of esters is 1. The average molecular weight is 116 g/mol. The zero-order chi connectivity index (χ0) is 6.57. The molecule has 4 heteroatoms. The van der Waals surface area contributed by atoms with Gasteiger partial charge >= 0.3 is 11.9 Å². The van der Waals surface area contributed by atoms with Gasteiger partial charge in [-0.1, -0.05) is 0 Å². The standard InChI is InChI=1S/C4H4O4/c1-8-4(7)2-3(5)6/h1H,2H2,(H,5,6). The smallest absolute Gasteiger partial charge is 0.317 e. The van der Waals surface area contributed by atoms with Crippen molar-refractivity contribution in [2.24, 2.45) is 0 Å². The molecule has 0 fully saturated rings. The third kappa shape index (κ3) is 3.14. The number of hydrogen-bond donors (Lipinski definition) is 1. The second kappa shape index (κ2) is 3.01.